The van der Waals surface area contributed by atoms with E-state index < -0.39 is 0 Å². The summed E-state index contributed by atoms with van der Waals surface area (Å²) >= 11 is 0. The Balaban J connectivity index is 2.61. The van der Waals surface area contributed by atoms with Crippen molar-refractivity contribution in [2.75, 3.05) is 11.9 Å². The zero-order chi connectivity index (χ0) is 14.5. The lowest BCUT2D eigenvalue weighted by Gasteiger charge is -2.19. The van der Waals surface area contributed by atoms with E-state index in [0.717, 1.165) is 12.1 Å². The number of hydrogen-bond donors (Lipinski definition) is 2. The normalized spacial score (nSPS) is 13.1. The van der Waals surface area contributed by atoms with Crippen molar-refractivity contribution in [3.8, 4) is 0 Å². The maximum atomic E-state index is 11.9. The molecule has 106 valence electrons. The van der Waals surface area contributed by atoms with Gasteiger partial charge in [-0.1, -0.05) is 46.2 Å². The monoisotopic (exact) mass is 262 g/mol. The number of carbonyl (C=O) groups excluding carboxylic acids is 1. The quantitative estimate of drug-likeness (QED) is 0.855. The van der Waals surface area contributed by atoms with E-state index in [2.05, 4.69) is 45.1 Å². The Hall–Kier alpha value is -1.35. The zero-order valence-electron chi connectivity index (χ0n) is 12.5. The Bertz CT molecular complexity index is 400. The number of amides is 1. The zero-order valence-corrected chi connectivity index (χ0v) is 12.5. The third kappa shape index (κ3) is 5.03. The summed E-state index contributed by atoms with van der Waals surface area (Å²) in [7, 11) is 0. The summed E-state index contributed by atoms with van der Waals surface area (Å²) in [4.78, 5) is 11.9. The largest absolute Gasteiger partial charge is 0.330 e. The molecule has 1 atom stereocenters. The van der Waals surface area contributed by atoms with Gasteiger partial charge in [-0.15, -0.1) is 0 Å². The summed E-state index contributed by atoms with van der Waals surface area (Å²) in [6, 6.07) is 8.05. The fraction of sp³-hybridized carbons (Fsp3) is 0.562. The van der Waals surface area contributed by atoms with Gasteiger partial charge in [-0.05, 0) is 35.6 Å². The van der Waals surface area contributed by atoms with Gasteiger partial charge < -0.3 is 11.1 Å². The van der Waals surface area contributed by atoms with Crippen LogP contribution < -0.4 is 11.1 Å². The predicted molar refractivity (Wildman–Crippen MR) is 81.2 cm³/mol. The van der Waals surface area contributed by atoms with Gasteiger partial charge in [-0.3, -0.25) is 4.79 Å². The molecule has 0 saturated carbocycles. The molecule has 0 saturated heterocycles. The number of nitrogens with two attached hydrogens (primary N) is 1. The standard InChI is InChI=1S/C16H26N2O/c1-5-12(11-17)10-15(19)18-14-8-6-13(7-9-14)16(2,3)4/h6-9,12H,5,10-11,17H2,1-4H3,(H,18,19). The van der Waals surface area contributed by atoms with Crippen molar-refractivity contribution < 1.29 is 4.79 Å². The fourth-order valence-electron chi connectivity index (χ4n) is 1.92. The van der Waals surface area contributed by atoms with Crippen molar-refractivity contribution in [2.45, 2.75) is 46.0 Å². The second kappa shape index (κ2) is 6.71. The number of anilines is 1. The van der Waals surface area contributed by atoms with Crippen molar-refractivity contribution in [2.24, 2.45) is 11.7 Å². The van der Waals surface area contributed by atoms with Crippen LogP contribution in [0, 0.1) is 5.92 Å². The molecule has 0 radical (unpaired) electrons. The van der Waals surface area contributed by atoms with Gasteiger partial charge in [0.25, 0.3) is 0 Å². The summed E-state index contributed by atoms with van der Waals surface area (Å²) in [5.41, 5.74) is 7.86. The van der Waals surface area contributed by atoms with Crippen LogP contribution in [0.3, 0.4) is 0 Å². The first kappa shape index (κ1) is 15.7. The fourth-order valence-corrected chi connectivity index (χ4v) is 1.92. The van der Waals surface area contributed by atoms with Crippen LogP contribution >= 0.6 is 0 Å². The van der Waals surface area contributed by atoms with E-state index in [0.29, 0.717) is 13.0 Å². The SMILES string of the molecule is CCC(CN)CC(=O)Nc1ccc(C(C)(C)C)cc1. The Morgan fingerprint density at radius 1 is 1.26 bits per heavy atom. The van der Waals surface area contributed by atoms with Gasteiger partial charge in [0, 0.05) is 12.1 Å². The van der Waals surface area contributed by atoms with Gasteiger partial charge in [0.05, 0.1) is 0 Å². The molecular weight excluding hydrogens is 236 g/mol. The van der Waals surface area contributed by atoms with E-state index in [4.69, 9.17) is 5.73 Å². The lowest BCUT2D eigenvalue weighted by molar-refractivity contribution is -0.117. The maximum Gasteiger partial charge on any atom is 0.224 e. The lowest BCUT2D eigenvalue weighted by atomic mass is 9.87. The van der Waals surface area contributed by atoms with E-state index >= 15 is 0 Å². The van der Waals surface area contributed by atoms with Crippen molar-refractivity contribution in [1.29, 1.82) is 0 Å². The highest BCUT2D eigenvalue weighted by molar-refractivity contribution is 5.90. The molecule has 0 aliphatic carbocycles. The van der Waals surface area contributed by atoms with E-state index in [1.54, 1.807) is 0 Å². The lowest BCUT2D eigenvalue weighted by Crippen LogP contribution is -2.21. The molecule has 0 aliphatic rings. The molecule has 0 aliphatic heterocycles. The molecule has 19 heavy (non-hydrogen) atoms. The van der Waals surface area contributed by atoms with Gasteiger partial charge >= 0.3 is 0 Å². The molecule has 0 bridgehead atoms. The average Bonchev–Trinajstić information content (AvgIpc) is 2.35. The summed E-state index contributed by atoms with van der Waals surface area (Å²) in [6.45, 7) is 9.14. The smallest absolute Gasteiger partial charge is 0.224 e. The molecule has 0 aromatic heterocycles. The van der Waals surface area contributed by atoms with Crippen molar-refractivity contribution >= 4 is 11.6 Å². The molecule has 1 unspecified atom stereocenters. The van der Waals surface area contributed by atoms with Gasteiger partial charge in [-0.25, -0.2) is 0 Å². The first-order valence-corrected chi connectivity index (χ1v) is 6.97. The minimum absolute atomic E-state index is 0.0424. The molecule has 1 amide bonds. The van der Waals surface area contributed by atoms with E-state index in [-0.39, 0.29) is 17.2 Å². The van der Waals surface area contributed by atoms with Crippen LogP contribution in [-0.4, -0.2) is 12.5 Å². The van der Waals surface area contributed by atoms with Crippen LogP contribution in [0.2, 0.25) is 0 Å². The van der Waals surface area contributed by atoms with Crippen molar-refractivity contribution in [3.05, 3.63) is 29.8 Å². The number of rotatable bonds is 5. The Morgan fingerprint density at radius 3 is 2.26 bits per heavy atom. The van der Waals surface area contributed by atoms with Gasteiger partial charge in [0.2, 0.25) is 5.91 Å². The van der Waals surface area contributed by atoms with Crippen LogP contribution in [0.5, 0.6) is 0 Å². The van der Waals surface area contributed by atoms with Gasteiger partial charge in [0.15, 0.2) is 0 Å². The minimum Gasteiger partial charge on any atom is -0.330 e. The topological polar surface area (TPSA) is 55.1 Å². The van der Waals surface area contributed by atoms with E-state index in [9.17, 15) is 4.79 Å². The van der Waals surface area contributed by atoms with Gasteiger partial charge in [-0.2, -0.15) is 0 Å². The number of benzene rings is 1. The van der Waals surface area contributed by atoms with E-state index in [1.807, 2.05) is 12.1 Å². The highest BCUT2D eigenvalue weighted by Crippen LogP contribution is 2.23. The maximum absolute atomic E-state index is 11.9. The Morgan fingerprint density at radius 2 is 1.84 bits per heavy atom. The second-order valence-electron chi connectivity index (χ2n) is 6.09. The third-order valence-electron chi connectivity index (χ3n) is 3.42. The molecule has 1 aromatic carbocycles. The summed E-state index contributed by atoms with van der Waals surface area (Å²) in [5, 5.41) is 2.93. The molecule has 0 spiro atoms. The van der Waals surface area contributed by atoms with Crippen LogP contribution in [-0.2, 0) is 10.2 Å². The van der Waals surface area contributed by atoms with Crippen LogP contribution in [0.15, 0.2) is 24.3 Å². The molecule has 1 aromatic rings. The minimum atomic E-state index is 0.0424. The van der Waals surface area contributed by atoms with Gasteiger partial charge in [0.1, 0.15) is 0 Å². The average molecular weight is 262 g/mol. The highest BCUT2D eigenvalue weighted by Gasteiger charge is 2.14. The predicted octanol–water partition coefficient (Wildman–Crippen LogP) is 3.30. The summed E-state index contributed by atoms with van der Waals surface area (Å²) in [6.07, 6.45) is 1.43. The third-order valence-corrected chi connectivity index (χ3v) is 3.42. The Labute approximate surface area is 116 Å². The number of nitrogens with one attached hydrogen (secondary N) is 1. The first-order valence-electron chi connectivity index (χ1n) is 6.97. The summed E-state index contributed by atoms with van der Waals surface area (Å²) < 4.78 is 0. The van der Waals surface area contributed by atoms with Crippen LogP contribution in [0.25, 0.3) is 0 Å². The number of carbonyl (C=O) groups is 1. The van der Waals surface area contributed by atoms with E-state index in [1.165, 1.54) is 5.56 Å². The summed E-state index contributed by atoms with van der Waals surface area (Å²) in [5.74, 6) is 0.314. The van der Waals surface area contributed by atoms with Crippen molar-refractivity contribution in [3.63, 3.8) is 0 Å². The van der Waals surface area contributed by atoms with Crippen molar-refractivity contribution in [1.82, 2.24) is 0 Å². The molecule has 3 N–H and O–H groups in total. The molecule has 3 heteroatoms. The molecule has 0 fully saturated rings. The Kier molecular flexibility index (Phi) is 5.55. The first-order chi connectivity index (χ1) is 8.86. The van der Waals surface area contributed by atoms with Crippen LogP contribution in [0.4, 0.5) is 5.69 Å². The number of hydrogen-bond acceptors (Lipinski definition) is 2. The second-order valence-corrected chi connectivity index (χ2v) is 6.09. The van der Waals surface area contributed by atoms with Crippen LogP contribution in [0.1, 0.15) is 46.1 Å². The molecule has 1 rings (SSSR count). The molecule has 3 nitrogen and oxygen atoms in total. The highest BCUT2D eigenvalue weighted by atomic mass is 16.1. The molecule has 0 heterocycles. The molecular formula is C16H26N2O.